The zero-order valence-corrected chi connectivity index (χ0v) is 16.3. The van der Waals surface area contributed by atoms with Crippen LogP contribution in [0.5, 0.6) is 0 Å². The lowest BCUT2D eigenvalue weighted by Gasteiger charge is -2.17. The van der Waals surface area contributed by atoms with Gasteiger partial charge < -0.3 is 5.32 Å². The number of amides is 1. The molecule has 0 saturated carbocycles. The predicted octanol–water partition coefficient (Wildman–Crippen LogP) is 3.18. The van der Waals surface area contributed by atoms with Crippen molar-refractivity contribution in [1.29, 1.82) is 0 Å². The van der Waals surface area contributed by atoms with Gasteiger partial charge in [-0.05, 0) is 54.9 Å². The normalized spacial score (nSPS) is 16.3. The molecule has 7 heteroatoms. The molecule has 1 N–H and O–H groups in total. The van der Waals surface area contributed by atoms with Gasteiger partial charge in [0.2, 0.25) is 5.91 Å². The van der Waals surface area contributed by atoms with E-state index in [9.17, 15) is 9.59 Å². The zero-order chi connectivity index (χ0) is 19.0. The molecule has 1 aliphatic rings. The van der Waals surface area contributed by atoms with E-state index >= 15 is 0 Å². The molecule has 0 spiro atoms. The van der Waals surface area contributed by atoms with Crippen LogP contribution in [0.2, 0.25) is 0 Å². The van der Waals surface area contributed by atoms with Crippen molar-refractivity contribution < 1.29 is 4.79 Å². The third kappa shape index (κ3) is 3.51. The third-order valence-corrected chi connectivity index (χ3v) is 6.26. The van der Waals surface area contributed by atoms with Crippen molar-refractivity contribution in [2.45, 2.75) is 46.1 Å². The van der Waals surface area contributed by atoms with Gasteiger partial charge in [0.1, 0.15) is 6.54 Å². The second-order valence-corrected chi connectivity index (χ2v) is 8.27. The Morgan fingerprint density at radius 3 is 2.85 bits per heavy atom. The average Bonchev–Trinajstić information content (AvgIpc) is 3.02. The number of thiophene rings is 1. The lowest BCUT2D eigenvalue weighted by Crippen LogP contribution is -2.30. The number of nitrogens with zero attached hydrogens (tertiary/aromatic N) is 3. The summed E-state index contributed by atoms with van der Waals surface area (Å²) in [6, 6.07) is 7.69. The molecular formula is C20H22N4O2S. The van der Waals surface area contributed by atoms with Crippen LogP contribution in [0.15, 0.2) is 29.1 Å². The standard InChI is InChI=1S/C20H22N4O2S/c1-3-13-5-7-14(8-6-13)21-17(25)11-24-20(26)18-15-9-4-12(2)10-16(15)27-19(18)22-23-24/h5-8,12H,3-4,9-11H2,1-2H3,(H,21,25). The van der Waals surface area contributed by atoms with Crippen LogP contribution in [0, 0.1) is 5.92 Å². The first-order chi connectivity index (χ1) is 13.0. The molecular weight excluding hydrogens is 360 g/mol. The fraction of sp³-hybridized carbons (Fsp3) is 0.400. The topological polar surface area (TPSA) is 76.9 Å². The summed E-state index contributed by atoms with van der Waals surface area (Å²) in [5, 5.41) is 11.7. The maximum absolute atomic E-state index is 12.9. The highest BCUT2D eigenvalue weighted by atomic mass is 32.1. The first kappa shape index (κ1) is 17.9. The summed E-state index contributed by atoms with van der Waals surface area (Å²) < 4.78 is 1.17. The number of rotatable bonds is 4. The summed E-state index contributed by atoms with van der Waals surface area (Å²) in [4.78, 5) is 27.2. The highest BCUT2D eigenvalue weighted by Gasteiger charge is 2.24. The summed E-state index contributed by atoms with van der Waals surface area (Å²) in [6.45, 7) is 4.17. The molecule has 0 aliphatic heterocycles. The van der Waals surface area contributed by atoms with Gasteiger partial charge in [0, 0.05) is 10.6 Å². The van der Waals surface area contributed by atoms with Gasteiger partial charge in [0.05, 0.1) is 5.39 Å². The van der Waals surface area contributed by atoms with E-state index in [4.69, 9.17) is 0 Å². The highest BCUT2D eigenvalue weighted by Crippen LogP contribution is 2.35. The number of benzene rings is 1. The van der Waals surface area contributed by atoms with E-state index in [2.05, 4.69) is 29.5 Å². The fourth-order valence-corrected chi connectivity index (χ4v) is 4.87. The maximum Gasteiger partial charge on any atom is 0.279 e. The Bertz CT molecular complexity index is 1050. The maximum atomic E-state index is 12.9. The molecule has 1 unspecified atom stereocenters. The molecule has 1 atom stereocenters. The molecule has 0 saturated heterocycles. The van der Waals surface area contributed by atoms with E-state index in [1.807, 2.05) is 24.3 Å². The quantitative estimate of drug-likeness (QED) is 0.752. The number of fused-ring (bicyclic) bond motifs is 3. The van der Waals surface area contributed by atoms with Crippen molar-refractivity contribution in [1.82, 2.24) is 15.0 Å². The molecule has 0 radical (unpaired) electrons. The van der Waals surface area contributed by atoms with Crippen LogP contribution in [0.4, 0.5) is 5.69 Å². The number of hydrogen-bond acceptors (Lipinski definition) is 5. The molecule has 1 amide bonds. The lowest BCUT2D eigenvalue weighted by atomic mass is 9.89. The fourth-order valence-electron chi connectivity index (χ4n) is 3.56. The number of anilines is 1. The van der Waals surface area contributed by atoms with Crippen LogP contribution in [0.25, 0.3) is 10.2 Å². The van der Waals surface area contributed by atoms with Crippen molar-refractivity contribution in [2.75, 3.05) is 5.32 Å². The average molecular weight is 382 g/mol. The largest absolute Gasteiger partial charge is 0.324 e. The molecule has 2 heterocycles. The van der Waals surface area contributed by atoms with Crippen LogP contribution < -0.4 is 10.9 Å². The van der Waals surface area contributed by atoms with Gasteiger partial charge in [-0.1, -0.05) is 31.2 Å². The first-order valence-corrected chi connectivity index (χ1v) is 10.1. The van der Waals surface area contributed by atoms with Crippen LogP contribution in [-0.4, -0.2) is 20.9 Å². The van der Waals surface area contributed by atoms with E-state index in [0.29, 0.717) is 21.8 Å². The Morgan fingerprint density at radius 1 is 1.33 bits per heavy atom. The van der Waals surface area contributed by atoms with Crippen LogP contribution >= 0.6 is 11.3 Å². The highest BCUT2D eigenvalue weighted by molar-refractivity contribution is 7.18. The van der Waals surface area contributed by atoms with Crippen LogP contribution in [-0.2, 0) is 30.6 Å². The minimum atomic E-state index is -0.285. The number of aryl methyl sites for hydroxylation is 2. The Kier molecular flexibility index (Phi) is 4.78. The van der Waals surface area contributed by atoms with E-state index in [-0.39, 0.29) is 18.0 Å². The monoisotopic (exact) mass is 382 g/mol. The summed E-state index contributed by atoms with van der Waals surface area (Å²) in [7, 11) is 0. The van der Waals surface area contributed by atoms with Crippen molar-refractivity contribution >= 4 is 33.1 Å². The SMILES string of the molecule is CCc1ccc(NC(=O)Cn2nnc3sc4c(c3c2=O)CCC(C)C4)cc1. The number of carbonyl (C=O) groups is 1. The summed E-state index contributed by atoms with van der Waals surface area (Å²) in [6.07, 6.45) is 3.91. The smallest absolute Gasteiger partial charge is 0.279 e. The first-order valence-electron chi connectivity index (χ1n) is 9.32. The second-order valence-electron chi connectivity index (χ2n) is 7.18. The predicted molar refractivity (Wildman–Crippen MR) is 107 cm³/mol. The number of hydrogen-bond donors (Lipinski definition) is 1. The van der Waals surface area contributed by atoms with Gasteiger partial charge in [-0.3, -0.25) is 9.59 Å². The molecule has 140 valence electrons. The van der Waals surface area contributed by atoms with E-state index < -0.39 is 0 Å². The van der Waals surface area contributed by atoms with Crippen molar-refractivity contribution in [3.63, 3.8) is 0 Å². The van der Waals surface area contributed by atoms with Crippen molar-refractivity contribution in [2.24, 2.45) is 5.92 Å². The van der Waals surface area contributed by atoms with Crippen LogP contribution in [0.1, 0.15) is 36.3 Å². The molecule has 3 aromatic rings. The molecule has 4 rings (SSSR count). The molecule has 0 bridgehead atoms. The van der Waals surface area contributed by atoms with Gasteiger partial charge in [-0.15, -0.1) is 16.4 Å². The number of nitrogens with one attached hydrogen (secondary N) is 1. The van der Waals surface area contributed by atoms with Gasteiger partial charge in [0.25, 0.3) is 5.56 Å². The molecule has 1 aliphatic carbocycles. The van der Waals surface area contributed by atoms with Gasteiger partial charge in [-0.2, -0.15) is 0 Å². The molecule has 2 aromatic heterocycles. The molecule has 6 nitrogen and oxygen atoms in total. The number of aromatic nitrogens is 3. The Hall–Kier alpha value is -2.54. The Labute approximate surface area is 161 Å². The van der Waals surface area contributed by atoms with Gasteiger partial charge in [0.15, 0.2) is 4.83 Å². The Balaban J connectivity index is 1.57. The summed E-state index contributed by atoms with van der Waals surface area (Å²) in [5.74, 6) is 0.346. The van der Waals surface area contributed by atoms with Crippen molar-refractivity contribution in [3.8, 4) is 0 Å². The van der Waals surface area contributed by atoms with Gasteiger partial charge in [-0.25, -0.2) is 4.68 Å². The van der Waals surface area contributed by atoms with E-state index in [1.54, 1.807) is 11.3 Å². The summed E-state index contributed by atoms with van der Waals surface area (Å²) >= 11 is 1.56. The minimum absolute atomic E-state index is 0.141. The number of carbonyl (C=O) groups excluding carboxylic acids is 1. The van der Waals surface area contributed by atoms with E-state index in [0.717, 1.165) is 31.2 Å². The minimum Gasteiger partial charge on any atom is -0.324 e. The molecule has 27 heavy (non-hydrogen) atoms. The van der Waals surface area contributed by atoms with Crippen molar-refractivity contribution in [3.05, 3.63) is 50.6 Å². The van der Waals surface area contributed by atoms with E-state index in [1.165, 1.54) is 15.1 Å². The summed E-state index contributed by atoms with van der Waals surface area (Å²) in [5.41, 5.74) is 2.80. The molecule has 0 fully saturated rings. The third-order valence-electron chi connectivity index (χ3n) is 5.12. The van der Waals surface area contributed by atoms with Gasteiger partial charge >= 0.3 is 0 Å². The van der Waals surface area contributed by atoms with Crippen LogP contribution in [0.3, 0.4) is 0 Å². The Morgan fingerprint density at radius 2 is 2.11 bits per heavy atom. The molecule has 1 aromatic carbocycles. The lowest BCUT2D eigenvalue weighted by molar-refractivity contribution is -0.117. The second kappa shape index (κ2) is 7.23. The zero-order valence-electron chi connectivity index (χ0n) is 15.5.